The van der Waals surface area contributed by atoms with Crippen LogP contribution in [0.25, 0.3) is 10.8 Å². The number of ether oxygens (including phenoxy) is 1. The molecule has 92 valence electrons. The van der Waals surface area contributed by atoms with Crippen molar-refractivity contribution in [3.05, 3.63) is 42.0 Å². The van der Waals surface area contributed by atoms with Crippen LogP contribution in [0.3, 0.4) is 0 Å². The second-order valence-electron chi connectivity index (χ2n) is 3.64. The summed E-state index contributed by atoms with van der Waals surface area (Å²) in [6.07, 6.45) is 0. The van der Waals surface area contributed by atoms with Crippen LogP contribution in [-0.2, 0) is 4.79 Å². The van der Waals surface area contributed by atoms with Crippen molar-refractivity contribution in [3.8, 4) is 5.75 Å². The molecule has 0 radical (unpaired) electrons. The Morgan fingerprint density at radius 2 is 1.67 bits per heavy atom. The molecule has 0 atom stereocenters. The van der Waals surface area contributed by atoms with Crippen molar-refractivity contribution in [1.82, 2.24) is 0 Å². The van der Waals surface area contributed by atoms with Crippen molar-refractivity contribution < 1.29 is 24.5 Å². The Kier molecular flexibility index (Phi) is 3.14. The molecule has 5 heteroatoms. The Morgan fingerprint density at radius 3 is 2.33 bits per heavy atom. The lowest BCUT2D eigenvalue weighted by atomic mass is 10.0. The second-order valence-corrected chi connectivity index (χ2v) is 3.64. The summed E-state index contributed by atoms with van der Waals surface area (Å²) in [5, 5.41) is 18.7. The molecule has 0 saturated heterocycles. The van der Waals surface area contributed by atoms with E-state index in [1.54, 1.807) is 30.3 Å². The molecule has 18 heavy (non-hydrogen) atoms. The minimum atomic E-state index is -1.08. The van der Waals surface area contributed by atoms with E-state index in [2.05, 4.69) is 0 Å². The summed E-state index contributed by atoms with van der Waals surface area (Å²) in [5.41, 5.74) is 0.160. The van der Waals surface area contributed by atoms with E-state index >= 15 is 0 Å². The van der Waals surface area contributed by atoms with Crippen molar-refractivity contribution in [2.75, 3.05) is 6.61 Å². The molecule has 0 unspecified atom stereocenters. The Labute approximate surface area is 102 Å². The number of aromatic carboxylic acids is 1. The van der Waals surface area contributed by atoms with Gasteiger partial charge in [-0.2, -0.15) is 0 Å². The number of benzene rings is 2. The van der Waals surface area contributed by atoms with E-state index in [4.69, 9.17) is 14.9 Å². The molecule has 2 rings (SSSR count). The van der Waals surface area contributed by atoms with Gasteiger partial charge in [0.15, 0.2) is 6.61 Å². The first kappa shape index (κ1) is 11.9. The third-order valence-electron chi connectivity index (χ3n) is 2.46. The summed E-state index contributed by atoms with van der Waals surface area (Å²) in [6, 6.07) is 9.68. The van der Waals surface area contributed by atoms with Crippen molar-refractivity contribution in [3.63, 3.8) is 0 Å². The molecule has 0 fully saturated rings. The zero-order chi connectivity index (χ0) is 13.1. The molecule has 2 aromatic rings. The van der Waals surface area contributed by atoms with Gasteiger partial charge in [0.05, 0.1) is 5.56 Å². The van der Waals surface area contributed by atoms with Gasteiger partial charge in [-0.3, -0.25) is 0 Å². The molecule has 0 aliphatic rings. The van der Waals surface area contributed by atoms with E-state index in [0.29, 0.717) is 16.5 Å². The van der Waals surface area contributed by atoms with Crippen LogP contribution in [-0.4, -0.2) is 28.8 Å². The lowest BCUT2D eigenvalue weighted by Crippen LogP contribution is -2.09. The van der Waals surface area contributed by atoms with E-state index in [0.717, 1.165) is 0 Å². The molecule has 0 aliphatic carbocycles. The van der Waals surface area contributed by atoms with Gasteiger partial charge in [0.25, 0.3) is 0 Å². The first-order valence-corrected chi connectivity index (χ1v) is 5.19. The lowest BCUT2D eigenvalue weighted by molar-refractivity contribution is -0.139. The molecule has 5 nitrogen and oxygen atoms in total. The predicted molar refractivity (Wildman–Crippen MR) is 64.0 cm³/mol. The van der Waals surface area contributed by atoms with Gasteiger partial charge in [-0.25, -0.2) is 9.59 Å². The number of carbonyl (C=O) groups is 2. The molecule has 0 saturated carbocycles. The SMILES string of the molecule is O=C(O)COc1cccc2c(C(=O)O)cccc12. The minimum absolute atomic E-state index is 0.160. The summed E-state index contributed by atoms with van der Waals surface area (Å²) < 4.78 is 5.12. The second kappa shape index (κ2) is 4.75. The Bertz CT molecular complexity index is 618. The fourth-order valence-electron chi connectivity index (χ4n) is 1.73. The van der Waals surface area contributed by atoms with Gasteiger partial charge in [0, 0.05) is 5.39 Å². The Morgan fingerprint density at radius 1 is 1.00 bits per heavy atom. The van der Waals surface area contributed by atoms with E-state index in [1.165, 1.54) is 6.07 Å². The number of aliphatic carboxylic acids is 1. The summed E-state index contributed by atoms with van der Waals surface area (Å²) in [7, 11) is 0. The van der Waals surface area contributed by atoms with Crippen LogP contribution >= 0.6 is 0 Å². The highest BCUT2D eigenvalue weighted by atomic mass is 16.5. The summed E-state index contributed by atoms with van der Waals surface area (Å²) >= 11 is 0. The highest BCUT2D eigenvalue weighted by Gasteiger charge is 2.11. The van der Waals surface area contributed by atoms with E-state index in [1.807, 2.05) is 0 Å². The summed E-state index contributed by atoms with van der Waals surface area (Å²) in [4.78, 5) is 21.5. The minimum Gasteiger partial charge on any atom is -0.481 e. The smallest absolute Gasteiger partial charge is 0.341 e. The van der Waals surface area contributed by atoms with E-state index in [9.17, 15) is 9.59 Å². The van der Waals surface area contributed by atoms with Crippen LogP contribution in [0.5, 0.6) is 5.75 Å². The van der Waals surface area contributed by atoms with Crippen LogP contribution in [0.2, 0.25) is 0 Å². The first-order chi connectivity index (χ1) is 8.59. The van der Waals surface area contributed by atoms with Gasteiger partial charge in [0.2, 0.25) is 0 Å². The fourth-order valence-corrected chi connectivity index (χ4v) is 1.73. The maximum atomic E-state index is 11.1. The third kappa shape index (κ3) is 2.24. The average molecular weight is 246 g/mol. The number of rotatable bonds is 4. The topological polar surface area (TPSA) is 83.8 Å². The highest BCUT2D eigenvalue weighted by molar-refractivity contribution is 6.05. The number of carboxylic acids is 2. The molecule has 2 N–H and O–H groups in total. The number of fused-ring (bicyclic) bond motifs is 1. The molecule has 0 heterocycles. The zero-order valence-electron chi connectivity index (χ0n) is 9.29. The molecule has 0 bridgehead atoms. The van der Waals surface area contributed by atoms with Crippen LogP contribution in [0.15, 0.2) is 36.4 Å². The first-order valence-electron chi connectivity index (χ1n) is 5.19. The zero-order valence-corrected chi connectivity index (χ0v) is 9.29. The predicted octanol–water partition coefficient (Wildman–Crippen LogP) is 2.00. The van der Waals surface area contributed by atoms with Gasteiger partial charge >= 0.3 is 11.9 Å². The molecule has 2 aromatic carbocycles. The summed E-state index contributed by atoms with van der Waals surface area (Å²) in [5.74, 6) is -1.75. The summed E-state index contributed by atoms with van der Waals surface area (Å²) in [6.45, 7) is -0.462. The number of carboxylic acid groups (broad SMARTS) is 2. The molecular weight excluding hydrogens is 236 g/mol. The average Bonchev–Trinajstić information content (AvgIpc) is 2.35. The molecule has 0 aliphatic heterocycles. The van der Waals surface area contributed by atoms with Gasteiger partial charge in [-0.05, 0) is 17.5 Å². The Hall–Kier alpha value is -2.56. The van der Waals surface area contributed by atoms with Gasteiger partial charge in [0.1, 0.15) is 5.75 Å². The third-order valence-corrected chi connectivity index (χ3v) is 2.46. The van der Waals surface area contributed by atoms with Crippen LogP contribution in [0.4, 0.5) is 0 Å². The van der Waals surface area contributed by atoms with Crippen molar-refractivity contribution >= 4 is 22.7 Å². The van der Waals surface area contributed by atoms with Gasteiger partial charge < -0.3 is 14.9 Å². The van der Waals surface area contributed by atoms with Crippen LogP contribution in [0, 0.1) is 0 Å². The van der Waals surface area contributed by atoms with E-state index < -0.39 is 18.5 Å². The molecule has 0 spiro atoms. The quantitative estimate of drug-likeness (QED) is 0.861. The molecular formula is C13H10O5. The normalized spacial score (nSPS) is 10.2. The van der Waals surface area contributed by atoms with Crippen molar-refractivity contribution in [2.24, 2.45) is 0 Å². The van der Waals surface area contributed by atoms with Gasteiger partial charge in [-0.15, -0.1) is 0 Å². The van der Waals surface area contributed by atoms with E-state index in [-0.39, 0.29) is 5.56 Å². The maximum absolute atomic E-state index is 11.1. The van der Waals surface area contributed by atoms with Gasteiger partial charge in [-0.1, -0.05) is 24.3 Å². The highest BCUT2D eigenvalue weighted by Crippen LogP contribution is 2.28. The number of hydrogen-bond donors (Lipinski definition) is 2. The molecule has 0 aromatic heterocycles. The lowest BCUT2D eigenvalue weighted by Gasteiger charge is -2.08. The largest absolute Gasteiger partial charge is 0.481 e. The van der Waals surface area contributed by atoms with Crippen molar-refractivity contribution in [2.45, 2.75) is 0 Å². The maximum Gasteiger partial charge on any atom is 0.341 e. The van der Waals surface area contributed by atoms with Crippen LogP contribution in [0.1, 0.15) is 10.4 Å². The Balaban J connectivity index is 2.53. The van der Waals surface area contributed by atoms with Crippen LogP contribution < -0.4 is 4.74 Å². The number of hydrogen-bond acceptors (Lipinski definition) is 3. The standard InChI is InChI=1S/C13H10O5/c14-12(15)7-18-11-6-2-3-8-9(11)4-1-5-10(8)13(16)17/h1-6H,7H2,(H,14,15)(H,16,17). The monoisotopic (exact) mass is 246 g/mol. The fraction of sp³-hybridized carbons (Fsp3) is 0.0769. The van der Waals surface area contributed by atoms with Crippen molar-refractivity contribution in [1.29, 1.82) is 0 Å². The molecule has 0 amide bonds.